The van der Waals surface area contributed by atoms with Gasteiger partial charge < -0.3 is 14.9 Å². The number of piperidine rings is 1. The lowest BCUT2D eigenvalue weighted by molar-refractivity contribution is -0.215. The fourth-order valence-corrected chi connectivity index (χ4v) is 4.26. The number of carboxylic acid groups (broad SMARTS) is 1. The molecule has 8 heteroatoms. The summed E-state index contributed by atoms with van der Waals surface area (Å²) in [5.74, 6) is -0.686. The van der Waals surface area contributed by atoms with Gasteiger partial charge in [-0.1, -0.05) is 35.3 Å². The smallest absolute Gasteiger partial charge is 0.306 e. The summed E-state index contributed by atoms with van der Waals surface area (Å²) in [5.41, 5.74) is 3.45. The van der Waals surface area contributed by atoms with Crippen molar-refractivity contribution >= 4 is 41.2 Å². The zero-order valence-electron chi connectivity index (χ0n) is 16.6. The number of carboxylic acids is 1. The van der Waals surface area contributed by atoms with Gasteiger partial charge in [-0.3, -0.25) is 9.59 Å². The Hall–Kier alpha value is -2.54. The van der Waals surface area contributed by atoms with E-state index in [2.05, 4.69) is 0 Å². The lowest BCUT2D eigenvalue weighted by Gasteiger charge is -2.29. The summed E-state index contributed by atoms with van der Waals surface area (Å²) in [6.45, 7) is 1.32. The highest BCUT2D eigenvalue weighted by Crippen LogP contribution is 2.37. The minimum Gasteiger partial charge on any atom is -0.481 e. The first-order valence-corrected chi connectivity index (χ1v) is 10.8. The molecule has 1 N–H and O–H groups in total. The number of hydrogen-bond donors (Lipinski definition) is 1. The summed E-state index contributed by atoms with van der Waals surface area (Å²) in [7, 11) is 0. The quantitative estimate of drug-likeness (QED) is 0.519. The maximum Gasteiger partial charge on any atom is 0.306 e. The lowest BCUT2D eigenvalue weighted by atomic mass is 9.96. The normalized spacial score (nSPS) is 16.8. The molecule has 31 heavy (non-hydrogen) atoms. The lowest BCUT2D eigenvalue weighted by Crippen LogP contribution is -2.39. The molecular weight excluding hydrogens is 441 g/mol. The first-order valence-electron chi connectivity index (χ1n) is 10.0. The average Bonchev–Trinajstić information content (AvgIpc) is 2.79. The van der Waals surface area contributed by atoms with Crippen LogP contribution in [-0.2, 0) is 20.9 Å². The number of halogens is 2. The maximum atomic E-state index is 12.7. The number of benzene rings is 2. The Bertz CT molecular complexity index is 1040. The largest absolute Gasteiger partial charge is 0.481 e. The minimum absolute atomic E-state index is 0.179. The summed E-state index contributed by atoms with van der Waals surface area (Å²) >= 11 is 12.7. The number of carbonyl (C=O) groups is 2. The molecule has 1 amide bonds. The van der Waals surface area contributed by atoms with Crippen molar-refractivity contribution < 1.29 is 24.5 Å². The zero-order valence-corrected chi connectivity index (χ0v) is 18.2. The van der Waals surface area contributed by atoms with E-state index in [-0.39, 0.29) is 11.8 Å². The van der Waals surface area contributed by atoms with Gasteiger partial charge in [-0.05, 0) is 48.2 Å². The summed E-state index contributed by atoms with van der Waals surface area (Å²) in [6.07, 6.45) is 4.80. The fraction of sp³-hybridized carbons (Fsp3) is 0.304. The average molecular weight is 462 g/mol. The van der Waals surface area contributed by atoms with E-state index in [0.717, 1.165) is 23.1 Å². The number of carbonyl (C=O) groups excluding carboxylic acids is 1. The van der Waals surface area contributed by atoms with Crippen LogP contribution in [0.5, 0.6) is 5.75 Å². The van der Waals surface area contributed by atoms with Gasteiger partial charge in [0, 0.05) is 36.7 Å². The van der Waals surface area contributed by atoms with E-state index in [1.54, 1.807) is 17.0 Å². The third kappa shape index (κ3) is 4.71. The Balaban J connectivity index is 1.59. The summed E-state index contributed by atoms with van der Waals surface area (Å²) in [5, 5.41) is 9.89. The first kappa shape index (κ1) is 21.7. The molecular formula is C23H21Cl2NO5. The molecule has 6 nitrogen and oxygen atoms in total. The van der Waals surface area contributed by atoms with E-state index in [0.29, 0.717) is 53.9 Å². The van der Waals surface area contributed by atoms with E-state index in [1.165, 1.54) is 6.08 Å². The number of rotatable bonds is 4. The van der Waals surface area contributed by atoms with Crippen LogP contribution in [0.25, 0.3) is 17.2 Å². The van der Waals surface area contributed by atoms with Crippen LogP contribution in [-0.4, -0.2) is 41.6 Å². The van der Waals surface area contributed by atoms with Gasteiger partial charge in [-0.15, -0.1) is 0 Å². The molecule has 0 aliphatic carbocycles. The molecule has 4 rings (SSSR count). The van der Waals surface area contributed by atoms with Crippen LogP contribution in [0.4, 0.5) is 0 Å². The number of amides is 1. The van der Waals surface area contributed by atoms with Crippen LogP contribution in [0.3, 0.4) is 0 Å². The molecule has 0 atom stereocenters. The van der Waals surface area contributed by atoms with E-state index >= 15 is 0 Å². The Morgan fingerprint density at radius 3 is 2.65 bits per heavy atom. The number of nitrogens with zero attached hydrogens (tertiary/aromatic N) is 1. The minimum atomic E-state index is -0.806. The van der Waals surface area contributed by atoms with Crippen molar-refractivity contribution in [3.8, 4) is 16.9 Å². The Labute approximate surface area is 189 Å². The SMILES string of the molecule is O=C(O)C1CCN(C(=O)/C=C/c2c(-c3ccc4c(c3)CCOO4)ccc(Cl)c2Cl)CC1. The molecule has 2 aliphatic rings. The number of hydrogen-bond acceptors (Lipinski definition) is 4. The van der Waals surface area contributed by atoms with Crippen molar-refractivity contribution in [2.24, 2.45) is 5.92 Å². The molecule has 0 saturated carbocycles. The summed E-state index contributed by atoms with van der Waals surface area (Å²) in [6, 6.07) is 9.38. The van der Waals surface area contributed by atoms with Gasteiger partial charge in [-0.25, -0.2) is 0 Å². The van der Waals surface area contributed by atoms with Crippen LogP contribution < -0.4 is 4.89 Å². The number of fused-ring (bicyclic) bond motifs is 1. The van der Waals surface area contributed by atoms with Crippen molar-refractivity contribution in [3.05, 3.63) is 57.6 Å². The third-order valence-electron chi connectivity index (χ3n) is 5.66. The van der Waals surface area contributed by atoms with Crippen LogP contribution >= 0.6 is 23.2 Å². The second-order valence-corrected chi connectivity index (χ2v) is 8.36. The standard InChI is InChI=1S/C23H21Cl2NO5/c24-19-4-2-17(15-1-5-20-16(13-15)9-12-30-31-20)18(22(19)25)3-6-21(27)26-10-7-14(8-11-26)23(28)29/h1-6,13-14H,7-12H2,(H,28,29)/b6-3+. The van der Waals surface area contributed by atoms with Crippen molar-refractivity contribution in [1.29, 1.82) is 0 Å². The Morgan fingerprint density at radius 2 is 1.90 bits per heavy atom. The molecule has 2 aliphatic heterocycles. The van der Waals surface area contributed by atoms with Gasteiger partial charge in [0.25, 0.3) is 0 Å². The molecule has 0 radical (unpaired) electrons. The van der Waals surface area contributed by atoms with Crippen LogP contribution in [0, 0.1) is 5.92 Å². The molecule has 0 unspecified atom stereocenters. The van der Waals surface area contributed by atoms with Crippen molar-refractivity contribution in [2.45, 2.75) is 19.3 Å². The second-order valence-electron chi connectivity index (χ2n) is 7.57. The van der Waals surface area contributed by atoms with Crippen molar-refractivity contribution in [2.75, 3.05) is 19.7 Å². The van der Waals surface area contributed by atoms with Crippen LogP contribution in [0.15, 0.2) is 36.4 Å². The Kier molecular flexibility index (Phi) is 6.51. The first-order chi connectivity index (χ1) is 14.9. The van der Waals surface area contributed by atoms with Gasteiger partial charge >= 0.3 is 5.97 Å². The molecule has 0 aromatic heterocycles. The number of likely N-dealkylation sites (tertiary alicyclic amines) is 1. The van der Waals surface area contributed by atoms with E-state index in [9.17, 15) is 9.59 Å². The maximum absolute atomic E-state index is 12.7. The predicted molar refractivity (Wildman–Crippen MR) is 118 cm³/mol. The van der Waals surface area contributed by atoms with Crippen LogP contribution in [0.2, 0.25) is 10.0 Å². The van der Waals surface area contributed by atoms with Crippen molar-refractivity contribution in [1.82, 2.24) is 4.90 Å². The third-order valence-corrected chi connectivity index (χ3v) is 6.47. The highest BCUT2D eigenvalue weighted by molar-refractivity contribution is 6.43. The molecule has 1 fully saturated rings. The molecule has 0 bridgehead atoms. The van der Waals surface area contributed by atoms with Crippen molar-refractivity contribution in [3.63, 3.8) is 0 Å². The molecule has 2 aromatic carbocycles. The number of aliphatic carboxylic acids is 1. The van der Waals surface area contributed by atoms with Gasteiger partial charge in [0.2, 0.25) is 5.91 Å². The van der Waals surface area contributed by atoms with E-state index in [4.69, 9.17) is 38.1 Å². The predicted octanol–water partition coefficient (Wildman–Crippen LogP) is 4.86. The van der Waals surface area contributed by atoms with Gasteiger partial charge in [0.1, 0.15) is 0 Å². The monoisotopic (exact) mass is 461 g/mol. The molecule has 1 saturated heterocycles. The summed E-state index contributed by atoms with van der Waals surface area (Å²) in [4.78, 5) is 35.7. The topological polar surface area (TPSA) is 76.1 Å². The molecule has 0 spiro atoms. The van der Waals surface area contributed by atoms with Gasteiger partial charge in [0.05, 0.1) is 22.6 Å². The molecule has 162 valence electrons. The van der Waals surface area contributed by atoms with Gasteiger partial charge in [0.15, 0.2) is 5.75 Å². The van der Waals surface area contributed by atoms with Gasteiger partial charge in [-0.2, -0.15) is 4.89 Å². The second kappa shape index (κ2) is 9.30. The molecule has 2 aromatic rings. The van der Waals surface area contributed by atoms with E-state index in [1.807, 2.05) is 24.3 Å². The zero-order chi connectivity index (χ0) is 22.0. The van der Waals surface area contributed by atoms with Crippen LogP contribution in [0.1, 0.15) is 24.0 Å². The summed E-state index contributed by atoms with van der Waals surface area (Å²) < 4.78 is 0. The Morgan fingerprint density at radius 1 is 1.13 bits per heavy atom. The highest BCUT2D eigenvalue weighted by atomic mass is 35.5. The van der Waals surface area contributed by atoms with E-state index < -0.39 is 5.97 Å². The highest BCUT2D eigenvalue weighted by Gasteiger charge is 2.26. The molecule has 2 heterocycles. The fourth-order valence-electron chi connectivity index (χ4n) is 3.87.